The second kappa shape index (κ2) is 9.69. The Morgan fingerprint density at radius 3 is 2.63 bits per heavy atom. The molecule has 0 saturated heterocycles. The number of hydrogen-bond donors (Lipinski definition) is 3. The molecule has 1 amide bonds. The number of benzene rings is 3. The lowest BCUT2D eigenvalue weighted by Crippen LogP contribution is -2.29. The van der Waals surface area contributed by atoms with E-state index in [1.807, 2.05) is 66.7 Å². The number of methoxy groups -OCH3 is 1. The minimum Gasteiger partial charge on any atom is -0.494 e. The monoisotopic (exact) mass is 463 g/mol. The molecule has 0 fully saturated rings. The summed E-state index contributed by atoms with van der Waals surface area (Å²) in [7, 11) is 1.61. The first-order chi connectivity index (χ1) is 17.2. The molecule has 0 bridgehead atoms. The Morgan fingerprint density at radius 1 is 1.06 bits per heavy atom. The Morgan fingerprint density at radius 2 is 1.86 bits per heavy atom. The minimum atomic E-state index is -0.625. The Bertz CT molecular complexity index is 1480. The number of amides is 1. The van der Waals surface area contributed by atoms with Gasteiger partial charge in [0.25, 0.3) is 0 Å². The van der Waals surface area contributed by atoms with E-state index in [1.54, 1.807) is 7.11 Å². The zero-order valence-electron chi connectivity index (χ0n) is 19.3. The summed E-state index contributed by atoms with van der Waals surface area (Å²) in [4.78, 5) is 25.6. The molecule has 3 aromatic carbocycles. The molecule has 0 aliphatic carbocycles. The van der Waals surface area contributed by atoms with E-state index in [9.17, 15) is 4.79 Å². The van der Waals surface area contributed by atoms with Crippen LogP contribution in [0.4, 0.5) is 5.82 Å². The summed E-state index contributed by atoms with van der Waals surface area (Å²) in [6, 6.07) is 25.1. The third-order valence-electron chi connectivity index (χ3n) is 5.82. The first-order valence-corrected chi connectivity index (χ1v) is 11.3. The third kappa shape index (κ3) is 4.56. The van der Waals surface area contributed by atoms with Gasteiger partial charge in [-0.3, -0.25) is 4.79 Å². The molecule has 5 rings (SSSR count). The maximum Gasteiger partial charge on any atom is 0.244 e. The fourth-order valence-electron chi connectivity index (χ4n) is 4.09. The van der Waals surface area contributed by atoms with Crippen LogP contribution in [0.3, 0.4) is 0 Å². The topological polar surface area (TPSA) is 91.9 Å². The molecule has 0 spiro atoms. The first kappa shape index (κ1) is 22.2. The van der Waals surface area contributed by atoms with Crippen LogP contribution in [-0.2, 0) is 11.3 Å². The van der Waals surface area contributed by atoms with Crippen molar-refractivity contribution < 1.29 is 9.53 Å². The van der Waals surface area contributed by atoms with Crippen LogP contribution in [0.25, 0.3) is 21.8 Å². The maximum atomic E-state index is 12.4. The Balaban J connectivity index is 1.65. The highest BCUT2D eigenvalue weighted by molar-refractivity contribution is 5.93. The van der Waals surface area contributed by atoms with Gasteiger partial charge < -0.3 is 20.4 Å². The quantitative estimate of drug-likeness (QED) is 0.278. The Kier molecular flexibility index (Phi) is 6.13. The van der Waals surface area contributed by atoms with Crippen molar-refractivity contribution in [2.24, 2.45) is 0 Å². The minimum absolute atomic E-state index is 0.323. The molecule has 0 radical (unpaired) electrons. The highest BCUT2D eigenvalue weighted by Crippen LogP contribution is 2.32. The molecule has 7 heteroatoms. The zero-order valence-corrected chi connectivity index (χ0v) is 19.3. The molecule has 2 heterocycles. The number of nitrogens with zero attached hydrogens (tertiary/aromatic N) is 2. The second-order valence-corrected chi connectivity index (χ2v) is 8.08. The number of anilines is 1. The van der Waals surface area contributed by atoms with E-state index in [0.717, 1.165) is 27.5 Å². The number of aromatic amines is 1. The smallest absolute Gasteiger partial charge is 0.244 e. The highest BCUT2D eigenvalue weighted by atomic mass is 16.5. The largest absolute Gasteiger partial charge is 0.494 e. The summed E-state index contributed by atoms with van der Waals surface area (Å²) in [5.41, 5.74) is 3.51. The molecule has 1 unspecified atom stereocenters. The van der Waals surface area contributed by atoms with Crippen LogP contribution in [0.5, 0.6) is 5.75 Å². The van der Waals surface area contributed by atoms with E-state index in [4.69, 9.17) is 14.7 Å². The van der Waals surface area contributed by atoms with Crippen LogP contribution < -0.4 is 15.4 Å². The predicted molar refractivity (Wildman–Crippen MR) is 138 cm³/mol. The van der Waals surface area contributed by atoms with E-state index in [2.05, 4.69) is 34.3 Å². The molecule has 3 N–H and O–H groups in total. The molecule has 0 aliphatic rings. The van der Waals surface area contributed by atoms with Gasteiger partial charge in [-0.2, -0.15) is 0 Å². The summed E-state index contributed by atoms with van der Waals surface area (Å²) in [5.74, 6) is 1.39. The molecule has 174 valence electrons. The number of carbonyl (C=O) groups excluding carboxylic acids is 1. The molecule has 1 atom stereocenters. The van der Waals surface area contributed by atoms with Gasteiger partial charge in [-0.15, -0.1) is 0 Å². The number of aromatic nitrogens is 3. The van der Waals surface area contributed by atoms with Crippen molar-refractivity contribution in [2.45, 2.75) is 12.6 Å². The average molecular weight is 464 g/mol. The average Bonchev–Trinajstić information content (AvgIpc) is 3.34. The predicted octanol–water partition coefficient (Wildman–Crippen LogP) is 5.12. The summed E-state index contributed by atoms with van der Waals surface area (Å²) in [6.45, 7) is 4.19. The summed E-state index contributed by atoms with van der Waals surface area (Å²) in [6.07, 6.45) is 1.24. The van der Waals surface area contributed by atoms with Gasteiger partial charge >= 0.3 is 0 Å². The third-order valence-corrected chi connectivity index (χ3v) is 5.82. The lowest BCUT2D eigenvalue weighted by molar-refractivity contribution is -0.117. The molecule has 35 heavy (non-hydrogen) atoms. The van der Waals surface area contributed by atoms with Gasteiger partial charge in [-0.05, 0) is 41.3 Å². The number of carbonyl (C=O) groups is 1. The van der Waals surface area contributed by atoms with Crippen molar-refractivity contribution in [3.63, 3.8) is 0 Å². The molecular weight excluding hydrogens is 438 g/mol. The van der Waals surface area contributed by atoms with Gasteiger partial charge in [-0.1, -0.05) is 61.2 Å². The number of ether oxygens (including phenoxy) is 1. The molecule has 2 aromatic heterocycles. The summed E-state index contributed by atoms with van der Waals surface area (Å²) < 4.78 is 5.61. The lowest BCUT2D eigenvalue weighted by Gasteiger charge is -2.19. The first-order valence-electron chi connectivity index (χ1n) is 11.3. The molecule has 0 aliphatic heterocycles. The zero-order chi connectivity index (χ0) is 24.2. The van der Waals surface area contributed by atoms with Gasteiger partial charge in [0.2, 0.25) is 5.91 Å². The van der Waals surface area contributed by atoms with Gasteiger partial charge in [0.05, 0.1) is 7.11 Å². The van der Waals surface area contributed by atoms with E-state index in [0.29, 0.717) is 29.5 Å². The van der Waals surface area contributed by atoms with E-state index >= 15 is 0 Å². The van der Waals surface area contributed by atoms with Crippen molar-refractivity contribution in [1.29, 1.82) is 0 Å². The number of para-hydroxylation sites is 2. The van der Waals surface area contributed by atoms with Crippen LogP contribution in [0.2, 0.25) is 0 Å². The lowest BCUT2D eigenvalue weighted by atomic mass is 10.1. The molecule has 7 nitrogen and oxygen atoms in total. The SMILES string of the molecule is C=CC(=O)NC(c1nc(NCc2ccccc2)c2cccc(OC)c2n1)c1cc2ccccc2[nH]1. The van der Waals surface area contributed by atoms with Crippen molar-refractivity contribution >= 4 is 33.5 Å². The standard InChI is InChI=1S/C28H25N5O2/c1-3-24(34)31-26(22-16-19-12-7-8-14-21(19)30-22)28-32-25-20(13-9-15-23(25)35-2)27(33-28)29-17-18-10-5-4-6-11-18/h3-16,26,30H,1,17H2,2H3,(H,31,34)(H,29,32,33). The van der Waals surface area contributed by atoms with Crippen LogP contribution in [0.1, 0.15) is 23.1 Å². The van der Waals surface area contributed by atoms with Crippen LogP contribution >= 0.6 is 0 Å². The van der Waals surface area contributed by atoms with Crippen LogP contribution in [-0.4, -0.2) is 28.0 Å². The van der Waals surface area contributed by atoms with Crippen molar-refractivity contribution in [2.75, 3.05) is 12.4 Å². The van der Waals surface area contributed by atoms with Crippen molar-refractivity contribution in [3.05, 3.63) is 109 Å². The van der Waals surface area contributed by atoms with Gasteiger partial charge in [-0.25, -0.2) is 9.97 Å². The van der Waals surface area contributed by atoms with E-state index in [1.165, 1.54) is 6.08 Å². The summed E-state index contributed by atoms with van der Waals surface area (Å²) >= 11 is 0. The van der Waals surface area contributed by atoms with Crippen molar-refractivity contribution in [3.8, 4) is 5.75 Å². The van der Waals surface area contributed by atoms with E-state index in [-0.39, 0.29) is 5.91 Å². The van der Waals surface area contributed by atoms with Gasteiger partial charge in [0.15, 0.2) is 5.82 Å². The molecular formula is C28H25N5O2. The number of hydrogen-bond acceptors (Lipinski definition) is 5. The van der Waals surface area contributed by atoms with Crippen LogP contribution in [0, 0.1) is 0 Å². The maximum absolute atomic E-state index is 12.4. The van der Waals surface area contributed by atoms with Gasteiger partial charge in [0.1, 0.15) is 23.1 Å². The Hall–Kier alpha value is -4.65. The van der Waals surface area contributed by atoms with Crippen molar-refractivity contribution in [1.82, 2.24) is 20.3 Å². The number of fused-ring (bicyclic) bond motifs is 2. The van der Waals surface area contributed by atoms with Gasteiger partial charge in [0, 0.05) is 23.1 Å². The highest BCUT2D eigenvalue weighted by Gasteiger charge is 2.23. The second-order valence-electron chi connectivity index (χ2n) is 8.08. The normalized spacial score (nSPS) is 11.8. The molecule has 5 aromatic rings. The Labute approximate surface area is 202 Å². The fourth-order valence-corrected chi connectivity index (χ4v) is 4.09. The van der Waals surface area contributed by atoms with Crippen LogP contribution in [0.15, 0.2) is 91.5 Å². The number of rotatable bonds is 8. The molecule has 0 saturated carbocycles. The number of H-pyrrole nitrogens is 1. The van der Waals surface area contributed by atoms with E-state index < -0.39 is 6.04 Å². The summed E-state index contributed by atoms with van der Waals surface area (Å²) in [5, 5.41) is 8.28. The number of nitrogens with one attached hydrogen (secondary N) is 3. The fraction of sp³-hybridized carbons (Fsp3) is 0.107.